The lowest BCUT2D eigenvalue weighted by atomic mass is 10.1. The molecule has 2 heterocycles. The first-order valence-electron chi connectivity index (χ1n) is 11.5. The quantitative estimate of drug-likeness (QED) is 0.354. The average molecular weight is 513 g/mol. The summed E-state index contributed by atoms with van der Waals surface area (Å²) in [4.78, 5) is 34.7. The van der Waals surface area contributed by atoms with Crippen LogP contribution in [0, 0.1) is 6.92 Å². The third kappa shape index (κ3) is 5.82. The first-order chi connectivity index (χ1) is 16.9. The number of methoxy groups -OCH3 is 1. The highest BCUT2D eigenvalue weighted by Crippen LogP contribution is 2.28. The number of anilines is 1. The fraction of sp³-hybridized carbons (Fsp3) is 0.346. The molecule has 0 aliphatic carbocycles. The van der Waals surface area contributed by atoms with Crippen LogP contribution in [0.5, 0.6) is 5.75 Å². The number of thioether (sulfide) groups is 1. The predicted molar refractivity (Wildman–Crippen MR) is 141 cm³/mol. The smallest absolute Gasteiger partial charge is 0.257 e. The van der Waals surface area contributed by atoms with E-state index in [4.69, 9.17) is 16.3 Å². The van der Waals surface area contributed by atoms with Gasteiger partial charge >= 0.3 is 0 Å². The van der Waals surface area contributed by atoms with Gasteiger partial charge in [0, 0.05) is 55.9 Å². The normalized spacial score (nSPS) is 13.7. The van der Waals surface area contributed by atoms with Crippen molar-refractivity contribution in [1.82, 2.24) is 14.5 Å². The number of rotatable bonds is 7. The molecule has 1 aliphatic rings. The number of para-hydroxylation sites is 2. The van der Waals surface area contributed by atoms with E-state index in [1.807, 2.05) is 60.4 Å². The Kier molecular flexibility index (Phi) is 8.03. The topological polar surface area (TPSA) is 67.7 Å². The van der Waals surface area contributed by atoms with Gasteiger partial charge in [-0.3, -0.25) is 14.2 Å². The zero-order chi connectivity index (χ0) is 24.9. The Labute approximate surface area is 214 Å². The molecule has 0 bridgehead atoms. The van der Waals surface area contributed by atoms with Crippen LogP contribution in [0.3, 0.4) is 0 Å². The molecular formula is C26H29ClN4O3S. The fourth-order valence-electron chi connectivity index (χ4n) is 4.22. The maximum atomic E-state index is 13.0. The second-order valence-electron chi connectivity index (χ2n) is 8.46. The van der Waals surface area contributed by atoms with Gasteiger partial charge in [0.1, 0.15) is 5.75 Å². The van der Waals surface area contributed by atoms with Gasteiger partial charge in [0.05, 0.1) is 18.6 Å². The Morgan fingerprint density at radius 2 is 1.86 bits per heavy atom. The second kappa shape index (κ2) is 11.2. The number of hydrogen-bond donors (Lipinski definition) is 0. The minimum absolute atomic E-state index is 0.0459. The van der Waals surface area contributed by atoms with Crippen molar-refractivity contribution in [3.63, 3.8) is 0 Å². The summed E-state index contributed by atoms with van der Waals surface area (Å²) in [6.07, 6.45) is 0.465. The van der Waals surface area contributed by atoms with Crippen LogP contribution in [0.1, 0.15) is 16.8 Å². The van der Waals surface area contributed by atoms with Crippen molar-refractivity contribution in [2.24, 2.45) is 7.05 Å². The van der Waals surface area contributed by atoms with Crippen molar-refractivity contribution >= 4 is 35.0 Å². The molecule has 7 nitrogen and oxygen atoms in total. The maximum absolute atomic E-state index is 13.0. The van der Waals surface area contributed by atoms with Gasteiger partial charge in [-0.25, -0.2) is 4.98 Å². The van der Waals surface area contributed by atoms with Gasteiger partial charge in [0.25, 0.3) is 5.56 Å². The number of aromatic nitrogens is 2. The number of amides is 1. The third-order valence-electron chi connectivity index (χ3n) is 6.20. The lowest BCUT2D eigenvalue weighted by Crippen LogP contribution is -2.49. The maximum Gasteiger partial charge on any atom is 0.257 e. The van der Waals surface area contributed by atoms with Crippen molar-refractivity contribution in [1.29, 1.82) is 0 Å². The molecule has 184 valence electrons. The highest BCUT2D eigenvalue weighted by atomic mass is 35.5. The Morgan fingerprint density at radius 1 is 1.11 bits per heavy atom. The lowest BCUT2D eigenvalue weighted by molar-refractivity contribution is -0.128. The molecule has 4 rings (SSSR count). The zero-order valence-corrected chi connectivity index (χ0v) is 21.7. The third-order valence-corrected chi connectivity index (χ3v) is 7.45. The van der Waals surface area contributed by atoms with Crippen molar-refractivity contribution in [3.05, 3.63) is 80.7 Å². The molecule has 0 N–H and O–H groups in total. The van der Waals surface area contributed by atoms with E-state index in [0.29, 0.717) is 40.9 Å². The lowest BCUT2D eigenvalue weighted by Gasteiger charge is -2.36. The molecule has 0 spiro atoms. The van der Waals surface area contributed by atoms with Crippen LogP contribution >= 0.6 is 23.4 Å². The average Bonchev–Trinajstić information content (AvgIpc) is 2.88. The standard InChI is InChI=1S/C26H29ClN4O3S/c1-18-21(16-19-7-6-8-20(27)15-19)25(33)29(2)26(28-18)35-17-24(32)31-13-11-30(12-14-31)22-9-4-5-10-23(22)34-3/h4-10,15H,11-14,16-17H2,1-3H3. The van der Waals surface area contributed by atoms with Crippen LogP contribution in [-0.2, 0) is 18.3 Å². The molecule has 9 heteroatoms. The van der Waals surface area contributed by atoms with Gasteiger partial charge in [-0.15, -0.1) is 0 Å². The van der Waals surface area contributed by atoms with Crippen LogP contribution in [0.4, 0.5) is 5.69 Å². The summed E-state index contributed by atoms with van der Waals surface area (Å²) in [7, 11) is 3.37. The minimum atomic E-state index is -0.0992. The van der Waals surface area contributed by atoms with Gasteiger partial charge in [0.15, 0.2) is 5.16 Å². The molecular weight excluding hydrogens is 484 g/mol. The van der Waals surface area contributed by atoms with Crippen molar-refractivity contribution in [2.75, 3.05) is 43.9 Å². The number of carbonyl (C=O) groups is 1. The summed E-state index contributed by atoms with van der Waals surface area (Å²) in [6.45, 7) is 4.60. The number of aryl methyl sites for hydroxylation is 1. The van der Waals surface area contributed by atoms with E-state index in [-0.39, 0.29) is 17.2 Å². The molecule has 1 saturated heterocycles. The largest absolute Gasteiger partial charge is 0.495 e. The molecule has 0 radical (unpaired) electrons. The fourth-order valence-corrected chi connectivity index (χ4v) is 5.35. The Morgan fingerprint density at radius 3 is 2.57 bits per heavy atom. The van der Waals surface area contributed by atoms with Gasteiger partial charge in [0.2, 0.25) is 5.91 Å². The summed E-state index contributed by atoms with van der Waals surface area (Å²) in [6, 6.07) is 15.4. The van der Waals surface area contributed by atoms with Crippen LogP contribution in [0.2, 0.25) is 5.02 Å². The monoisotopic (exact) mass is 512 g/mol. The van der Waals surface area contributed by atoms with E-state index in [9.17, 15) is 9.59 Å². The first kappa shape index (κ1) is 25.1. The van der Waals surface area contributed by atoms with E-state index in [2.05, 4.69) is 9.88 Å². The number of hydrogen-bond acceptors (Lipinski definition) is 6. The van der Waals surface area contributed by atoms with Crippen LogP contribution in [-0.4, -0.2) is 59.4 Å². The summed E-state index contributed by atoms with van der Waals surface area (Å²) >= 11 is 7.39. The molecule has 35 heavy (non-hydrogen) atoms. The molecule has 3 aromatic rings. The number of piperazine rings is 1. The van der Waals surface area contributed by atoms with Crippen LogP contribution < -0.4 is 15.2 Å². The van der Waals surface area contributed by atoms with E-state index in [1.165, 1.54) is 16.3 Å². The number of benzene rings is 2. The highest BCUT2D eigenvalue weighted by Gasteiger charge is 2.23. The van der Waals surface area contributed by atoms with Crippen molar-refractivity contribution in [2.45, 2.75) is 18.5 Å². The zero-order valence-electron chi connectivity index (χ0n) is 20.2. The van der Waals surface area contributed by atoms with Gasteiger partial charge in [-0.05, 0) is 36.8 Å². The first-order valence-corrected chi connectivity index (χ1v) is 12.8. The van der Waals surface area contributed by atoms with Gasteiger partial charge < -0.3 is 14.5 Å². The van der Waals surface area contributed by atoms with Crippen LogP contribution in [0.25, 0.3) is 0 Å². The number of halogens is 1. The number of carbonyl (C=O) groups excluding carboxylic acids is 1. The summed E-state index contributed by atoms with van der Waals surface area (Å²) < 4.78 is 7.00. The summed E-state index contributed by atoms with van der Waals surface area (Å²) in [5.74, 6) is 1.12. The second-order valence-corrected chi connectivity index (χ2v) is 9.84. The van der Waals surface area contributed by atoms with Crippen molar-refractivity contribution in [3.8, 4) is 5.75 Å². The molecule has 0 unspecified atom stereocenters. The van der Waals surface area contributed by atoms with Gasteiger partial charge in [-0.1, -0.05) is 47.6 Å². The summed E-state index contributed by atoms with van der Waals surface area (Å²) in [5, 5.41) is 1.18. The SMILES string of the molecule is COc1ccccc1N1CCN(C(=O)CSc2nc(C)c(Cc3cccc(Cl)c3)c(=O)n2C)CC1. The van der Waals surface area contributed by atoms with Gasteiger partial charge in [-0.2, -0.15) is 0 Å². The van der Waals surface area contributed by atoms with E-state index >= 15 is 0 Å². The Hall–Kier alpha value is -2.97. The Balaban J connectivity index is 1.37. The number of ether oxygens (including phenoxy) is 1. The molecule has 0 atom stereocenters. The Bertz CT molecular complexity index is 1270. The highest BCUT2D eigenvalue weighted by molar-refractivity contribution is 7.99. The molecule has 0 saturated carbocycles. The summed E-state index contributed by atoms with van der Waals surface area (Å²) in [5.41, 5.74) is 3.22. The number of nitrogens with zero attached hydrogens (tertiary/aromatic N) is 4. The predicted octanol–water partition coefficient (Wildman–Crippen LogP) is 3.78. The van der Waals surface area contributed by atoms with Crippen molar-refractivity contribution < 1.29 is 9.53 Å². The molecule has 1 fully saturated rings. The molecule has 1 amide bonds. The molecule has 1 aliphatic heterocycles. The van der Waals surface area contributed by atoms with E-state index in [0.717, 1.165) is 30.1 Å². The van der Waals surface area contributed by atoms with E-state index in [1.54, 1.807) is 14.2 Å². The molecule has 1 aromatic heterocycles. The molecule has 2 aromatic carbocycles. The minimum Gasteiger partial charge on any atom is -0.495 e. The van der Waals surface area contributed by atoms with E-state index < -0.39 is 0 Å². The van der Waals surface area contributed by atoms with Crippen LogP contribution in [0.15, 0.2) is 58.5 Å².